The zero-order chi connectivity index (χ0) is 20.3. The zero-order valence-corrected chi connectivity index (χ0v) is 16.4. The molecule has 9 nitrogen and oxygen atoms in total. The number of nitriles is 1. The molecule has 0 aromatic carbocycles. The second-order valence-electron chi connectivity index (χ2n) is 7.33. The Labute approximate surface area is 163 Å². The lowest BCUT2D eigenvalue weighted by Crippen LogP contribution is -2.52. The molecule has 1 atom stereocenters. The molecule has 1 saturated carbocycles. The smallest absolute Gasteiger partial charge is 0.314 e. The molecule has 1 unspecified atom stereocenters. The van der Waals surface area contributed by atoms with Gasteiger partial charge in [-0.15, -0.1) is 5.10 Å². The van der Waals surface area contributed by atoms with Crippen LogP contribution >= 0.6 is 0 Å². The van der Waals surface area contributed by atoms with Crippen LogP contribution in [0.5, 0.6) is 0 Å². The van der Waals surface area contributed by atoms with Gasteiger partial charge in [-0.05, 0) is 39.7 Å². The summed E-state index contributed by atoms with van der Waals surface area (Å²) in [4.78, 5) is 33.1. The summed E-state index contributed by atoms with van der Waals surface area (Å²) in [6.45, 7) is 5.23. The van der Waals surface area contributed by atoms with E-state index >= 15 is 0 Å². The summed E-state index contributed by atoms with van der Waals surface area (Å²) in [5.41, 5.74) is 0.808. The van der Waals surface area contributed by atoms with E-state index in [-0.39, 0.29) is 12.2 Å². The van der Waals surface area contributed by atoms with E-state index in [0.29, 0.717) is 18.6 Å². The summed E-state index contributed by atoms with van der Waals surface area (Å²) in [6, 6.07) is 4.09. The number of hydrogen-bond acceptors (Lipinski definition) is 7. The van der Waals surface area contributed by atoms with Crippen molar-refractivity contribution in [2.24, 2.45) is 0 Å². The Morgan fingerprint density at radius 2 is 2.04 bits per heavy atom. The molecule has 9 heteroatoms. The monoisotopic (exact) mass is 384 g/mol. The molecule has 0 saturated heterocycles. The second kappa shape index (κ2) is 7.92. The number of rotatable bonds is 5. The fourth-order valence-corrected chi connectivity index (χ4v) is 3.46. The average molecular weight is 384 g/mol. The van der Waals surface area contributed by atoms with Gasteiger partial charge in [0.1, 0.15) is 12.0 Å². The maximum atomic E-state index is 12.4. The maximum absolute atomic E-state index is 12.4. The third-order valence-electron chi connectivity index (χ3n) is 4.93. The van der Waals surface area contributed by atoms with E-state index in [2.05, 4.69) is 26.5 Å². The summed E-state index contributed by atoms with van der Waals surface area (Å²) in [6.07, 6.45) is 2.92. The van der Waals surface area contributed by atoms with Crippen molar-refractivity contribution in [3.05, 3.63) is 23.3 Å². The van der Waals surface area contributed by atoms with Crippen molar-refractivity contribution in [1.29, 1.82) is 5.26 Å². The zero-order valence-electron chi connectivity index (χ0n) is 16.4. The van der Waals surface area contributed by atoms with Gasteiger partial charge in [-0.25, -0.2) is 9.50 Å². The molecule has 0 spiro atoms. The Morgan fingerprint density at radius 3 is 2.71 bits per heavy atom. The quantitative estimate of drug-likeness (QED) is 0.776. The van der Waals surface area contributed by atoms with Gasteiger partial charge in [0.15, 0.2) is 11.9 Å². The molecule has 2 aromatic rings. The molecule has 148 valence electrons. The number of fused-ring (bicyclic) bond motifs is 1. The largest absolute Gasteiger partial charge is 0.452 e. The van der Waals surface area contributed by atoms with Crippen LogP contribution in [0.4, 0.5) is 0 Å². The Hall–Kier alpha value is -3.02. The van der Waals surface area contributed by atoms with Crippen LogP contribution in [0, 0.1) is 25.2 Å². The number of aryl methyl sites for hydroxylation is 2. The standard InChI is InChI=1S/C19H24N6O3/c1-12-9-13(2)25-18(21-12)22-15(24-25)10-16(26)28-14(3)17(27)23-19(11-20)7-5-4-6-8-19/h9,14H,4-8,10H2,1-3H3,(H,23,27). The van der Waals surface area contributed by atoms with Crippen molar-refractivity contribution in [2.45, 2.75) is 70.9 Å². The highest BCUT2D eigenvalue weighted by Crippen LogP contribution is 2.27. The Bertz CT molecular complexity index is 939. The summed E-state index contributed by atoms with van der Waals surface area (Å²) in [5.74, 6) is -0.380. The van der Waals surface area contributed by atoms with Gasteiger partial charge in [0, 0.05) is 11.4 Å². The van der Waals surface area contributed by atoms with Crippen LogP contribution in [0.2, 0.25) is 0 Å². The molecule has 3 rings (SSSR count). The minimum atomic E-state index is -1.00. The molecule has 2 heterocycles. The van der Waals surface area contributed by atoms with E-state index in [4.69, 9.17) is 4.74 Å². The van der Waals surface area contributed by atoms with Crippen molar-refractivity contribution in [1.82, 2.24) is 24.9 Å². The first-order chi connectivity index (χ1) is 13.3. The molecule has 0 radical (unpaired) electrons. The van der Waals surface area contributed by atoms with E-state index in [1.54, 1.807) is 4.52 Å². The maximum Gasteiger partial charge on any atom is 0.314 e. The predicted molar refractivity (Wildman–Crippen MR) is 99.1 cm³/mol. The van der Waals surface area contributed by atoms with Gasteiger partial charge in [-0.1, -0.05) is 19.3 Å². The normalized spacial score (nSPS) is 16.9. The van der Waals surface area contributed by atoms with Crippen molar-refractivity contribution >= 4 is 17.7 Å². The number of nitrogens with zero attached hydrogens (tertiary/aromatic N) is 5. The molecule has 1 amide bonds. The average Bonchev–Trinajstić information content (AvgIpc) is 3.04. The molecule has 1 aliphatic rings. The highest BCUT2D eigenvalue weighted by atomic mass is 16.5. The van der Waals surface area contributed by atoms with Crippen LogP contribution in [-0.2, 0) is 20.7 Å². The number of esters is 1. The van der Waals surface area contributed by atoms with Crippen molar-refractivity contribution in [3.63, 3.8) is 0 Å². The van der Waals surface area contributed by atoms with Gasteiger partial charge in [0.25, 0.3) is 11.7 Å². The highest BCUT2D eigenvalue weighted by molar-refractivity contribution is 5.84. The van der Waals surface area contributed by atoms with Crippen LogP contribution in [0.1, 0.15) is 56.2 Å². The third-order valence-corrected chi connectivity index (χ3v) is 4.93. The molecule has 1 aliphatic carbocycles. The Balaban J connectivity index is 1.60. The fourth-order valence-electron chi connectivity index (χ4n) is 3.46. The van der Waals surface area contributed by atoms with E-state index in [0.717, 1.165) is 30.7 Å². The van der Waals surface area contributed by atoms with Crippen LogP contribution in [0.15, 0.2) is 6.07 Å². The van der Waals surface area contributed by atoms with Gasteiger partial charge in [0.05, 0.1) is 6.07 Å². The first-order valence-electron chi connectivity index (χ1n) is 9.44. The summed E-state index contributed by atoms with van der Waals surface area (Å²) >= 11 is 0. The van der Waals surface area contributed by atoms with E-state index in [9.17, 15) is 14.9 Å². The van der Waals surface area contributed by atoms with Gasteiger partial charge >= 0.3 is 5.97 Å². The Kier molecular flexibility index (Phi) is 5.58. The summed E-state index contributed by atoms with van der Waals surface area (Å²) < 4.78 is 6.79. The first kappa shape index (κ1) is 19.7. The lowest BCUT2D eigenvalue weighted by Gasteiger charge is -2.32. The van der Waals surface area contributed by atoms with E-state index in [1.807, 2.05) is 19.9 Å². The number of hydrogen-bond donors (Lipinski definition) is 1. The van der Waals surface area contributed by atoms with Gasteiger partial charge in [-0.3, -0.25) is 9.59 Å². The van der Waals surface area contributed by atoms with Crippen LogP contribution in [0.25, 0.3) is 5.78 Å². The number of amides is 1. The number of aromatic nitrogens is 4. The van der Waals surface area contributed by atoms with Crippen LogP contribution in [0.3, 0.4) is 0 Å². The van der Waals surface area contributed by atoms with Crippen molar-refractivity contribution in [2.75, 3.05) is 0 Å². The number of carbonyl (C=O) groups excluding carboxylic acids is 2. The van der Waals surface area contributed by atoms with E-state index in [1.165, 1.54) is 6.92 Å². The lowest BCUT2D eigenvalue weighted by molar-refractivity contribution is -0.154. The molecular formula is C19H24N6O3. The van der Waals surface area contributed by atoms with Crippen molar-refractivity contribution < 1.29 is 14.3 Å². The molecule has 1 N–H and O–H groups in total. The molecule has 28 heavy (non-hydrogen) atoms. The van der Waals surface area contributed by atoms with Gasteiger partial charge in [-0.2, -0.15) is 10.2 Å². The molecule has 0 bridgehead atoms. The molecule has 1 fully saturated rings. The number of nitrogens with one attached hydrogen (secondary N) is 1. The van der Waals surface area contributed by atoms with Gasteiger partial charge < -0.3 is 10.1 Å². The van der Waals surface area contributed by atoms with Crippen molar-refractivity contribution in [3.8, 4) is 6.07 Å². The molecule has 0 aliphatic heterocycles. The Morgan fingerprint density at radius 1 is 1.32 bits per heavy atom. The predicted octanol–water partition coefficient (Wildman–Crippen LogP) is 1.56. The number of ether oxygens (including phenoxy) is 1. The highest BCUT2D eigenvalue weighted by Gasteiger charge is 2.35. The fraction of sp³-hybridized carbons (Fsp3) is 0.579. The second-order valence-corrected chi connectivity index (χ2v) is 7.33. The van der Waals surface area contributed by atoms with Gasteiger partial charge in [0.2, 0.25) is 0 Å². The molecule has 2 aromatic heterocycles. The van der Waals surface area contributed by atoms with E-state index < -0.39 is 23.5 Å². The van der Waals surface area contributed by atoms with Crippen LogP contribution < -0.4 is 5.32 Å². The first-order valence-corrected chi connectivity index (χ1v) is 9.44. The SMILES string of the molecule is Cc1cc(C)n2nc(CC(=O)OC(C)C(=O)NC3(C#N)CCCCC3)nc2n1. The number of carbonyl (C=O) groups is 2. The summed E-state index contributed by atoms with van der Waals surface area (Å²) in [5, 5.41) is 16.5. The topological polar surface area (TPSA) is 122 Å². The lowest BCUT2D eigenvalue weighted by atomic mass is 9.83. The minimum Gasteiger partial charge on any atom is -0.452 e. The molecular weight excluding hydrogens is 360 g/mol. The minimum absolute atomic E-state index is 0.164. The summed E-state index contributed by atoms with van der Waals surface area (Å²) in [7, 11) is 0. The third kappa shape index (κ3) is 4.27. The van der Waals surface area contributed by atoms with Crippen LogP contribution in [-0.4, -0.2) is 43.1 Å².